The summed E-state index contributed by atoms with van der Waals surface area (Å²) in [6.07, 6.45) is 8.09. The van der Waals surface area contributed by atoms with Crippen LogP contribution in [0.25, 0.3) is 5.57 Å². The van der Waals surface area contributed by atoms with Crippen LogP contribution in [0.5, 0.6) is 0 Å². The molecule has 0 fully saturated rings. The topological polar surface area (TPSA) is 39.2 Å². The normalized spacial score (nSPS) is 10.4. The minimum Gasteiger partial charge on any atom is -0.466 e. The first kappa shape index (κ1) is 10.0. The summed E-state index contributed by atoms with van der Waals surface area (Å²) < 4.78 is 4.47. The summed E-state index contributed by atoms with van der Waals surface area (Å²) >= 11 is 0. The molecule has 0 saturated carbocycles. The van der Waals surface area contributed by atoms with Gasteiger partial charge in [-0.3, -0.25) is 4.98 Å². The van der Waals surface area contributed by atoms with Crippen molar-refractivity contribution in [1.82, 2.24) is 4.98 Å². The van der Waals surface area contributed by atoms with Crippen molar-refractivity contribution in [1.29, 1.82) is 0 Å². The molecule has 0 N–H and O–H groups in total. The molecule has 0 aliphatic carbocycles. The van der Waals surface area contributed by atoms with Gasteiger partial charge >= 0.3 is 5.97 Å². The maximum atomic E-state index is 10.9. The molecule has 1 aromatic heterocycles. The van der Waals surface area contributed by atoms with Crippen LogP contribution >= 0.6 is 0 Å². The molecule has 3 nitrogen and oxygen atoms in total. The van der Waals surface area contributed by atoms with Gasteiger partial charge in [0, 0.05) is 12.3 Å². The SMILES string of the molecule is C#CC(=CC(=O)OC)c1ccccn1. The summed E-state index contributed by atoms with van der Waals surface area (Å²) in [4.78, 5) is 15.0. The van der Waals surface area contributed by atoms with Crippen molar-refractivity contribution >= 4 is 11.5 Å². The molecule has 0 aliphatic heterocycles. The van der Waals surface area contributed by atoms with Crippen molar-refractivity contribution in [3.05, 3.63) is 36.2 Å². The molecule has 0 amide bonds. The van der Waals surface area contributed by atoms with E-state index in [4.69, 9.17) is 6.42 Å². The number of aromatic nitrogens is 1. The third kappa shape index (κ3) is 2.46. The van der Waals surface area contributed by atoms with E-state index in [-0.39, 0.29) is 0 Å². The molecule has 1 rings (SSSR count). The molecule has 0 saturated heterocycles. The number of hydrogen-bond donors (Lipinski definition) is 0. The number of hydrogen-bond acceptors (Lipinski definition) is 3. The number of carbonyl (C=O) groups excluding carboxylic acids is 1. The van der Waals surface area contributed by atoms with Crippen LogP contribution in [0.3, 0.4) is 0 Å². The van der Waals surface area contributed by atoms with E-state index >= 15 is 0 Å². The maximum absolute atomic E-state index is 10.9. The van der Waals surface area contributed by atoms with Crippen molar-refractivity contribution in [2.24, 2.45) is 0 Å². The van der Waals surface area contributed by atoms with Gasteiger partial charge in [0.1, 0.15) is 0 Å². The summed E-state index contributed by atoms with van der Waals surface area (Å²) in [6, 6.07) is 5.30. The zero-order chi connectivity index (χ0) is 10.4. The fraction of sp³-hybridized carbons (Fsp3) is 0.0909. The number of carbonyl (C=O) groups is 1. The predicted molar refractivity (Wildman–Crippen MR) is 53.1 cm³/mol. The highest BCUT2D eigenvalue weighted by atomic mass is 16.5. The highest BCUT2D eigenvalue weighted by molar-refractivity contribution is 5.95. The van der Waals surface area contributed by atoms with Crippen LogP contribution in [-0.4, -0.2) is 18.1 Å². The molecule has 0 bridgehead atoms. The highest BCUT2D eigenvalue weighted by Crippen LogP contribution is 2.09. The largest absolute Gasteiger partial charge is 0.466 e. The van der Waals surface area contributed by atoms with Crippen LogP contribution in [0, 0.1) is 12.3 Å². The van der Waals surface area contributed by atoms with Crippen molar-refractivity contribution in [2.75, 3.05) is 7.11 Å². The molecule has 70 valence electrons. The van der Waals surface area contributed by atoms with E-state index in [2.05, 4.69) is 15.6 Å². The van der Waals surface area contributed by atoms with Gasteiger partial charge in [-0.25, -0.2) is 4.79 Å². The van der Waals surface area contributed by atoms with Gasteiger partial charge in [0.25, 0.3) is 0 Å². The van der Waals surface area contributed by atoms with Gasteiger partial charge in [-0.1, -0.05) is 12.0 Å². The quantitative estimate of drug-likeness (QED) is 0.397. The van der Waals surface area contributed by atoms with Gasteiger partial charge in [0.15, 0.2) is 0 Å². The van der Waals surface area contributed by atoms with Crippen molar-refractivity contribution in [3.8, 4) is 12.3 Å². The minimum absolute atomic E-state index is 0.414. The molecule has 0 radical (unpaired) electrons. The lowest BCUT2D eigenvalue weighted by Crippen LogP contribution is -1.97. The van der Waals surface area contributed by atoms with Gasteiger partial charge in [-0.15, -0.1) is 6.42 Å². The standard InChI is InChI=1S/C11H9NO2/c1-3-9(8-11(13)14-2)10-6-4-5-7-12-10/h1,4-8H,2H3. The number of esters is 1. The second-order valence-electron chi connectivity index (χ2n) is 2.44. The Labute approximate surface area is 82.4 Å². The average molecular weight is 187 g/mol. The van der Waals surface area contributed by atoms with Crippen LogP contribution in [0.2, 0.25) is 0 Å². The summed E-state index contributed by atoms with van der Waals surface area (Å²) in [6.45, 7) is 0. The number of allylic oxidation sites excluding steroid dienone is 1. The second-order valence-corrected chi connectivity index (χ2v) is 2.44. The molecule has 0 aromatic carbocycles. The van der Waals surface area contributed by atoms with Crippen LogP contribution in [0.15, 0.2) is 30.5 Å². The van der Waals surface area contributed by atoms with Crippen LogP contribution in [-0.2, 0) is 9.53 Å². The molecule has 14 heavy (non-hydrogen) atoms. The highest BCUT2D eigenvalue weighted by Gasteiger charge is 2.02. The molecular formula is C11H9NO2. The van der Waals surface area contributed by atoms with Gasteiger partial charge in [-0.2, -0.15) is 0 Å². The zero-order valence-corrected chi connectivity index (χ0v) is 7.73. The van der Waals surface area contributed by atoms with Crippen molar-refractivity contribution < 1.29 is 9.53 Å². The Kier molecular flexibility index (Phi) is 3.45. The fourth-order valence-electron chi connectivity index (χ4n) is 0.888. The Balaban J connectivity index is 3.01. The lowest BCUT2D eigenvalue weighted by Gasteiger charge is -1.97. The van der Waals surface area contributed by atoms with Crippen LogP contribution in [0.1, 0.15) is 5.69 Å². The molecule has 0 spiro atoms. The smallest absolute Gasteiger partial charge is 0.331 e. The number of nitrogens with zero attached hydrogens (tertiary/aromatic N) is 1. The summed E-state index contributed by atoms with van der Waals surface area (Å²) in [5, 5.41) is 0. The first-order valence-electron chi connectivity index (χ1n) is 3.95. The number of methoxy groups -OCH3 is 1. The number of terminal acetylenes is 1. The van der Waals surface area contributed by atoms with E-state index in [0.717, 1.165) is 0 Å². The van der Waals surface area contributed by atoms with Crippen molar-refractivity contribution in [2.45, 2.75) is 0 Å². The zero-order valence-electron chi connectivity index (χ0n) is 7.73. The van der Waals surface area contributed by atoms with E-state index in [1.807, 2.05) is 0 Å². The van der Waals surface area contributed by atoms with Crippen LogP contribution < -0.4 is 0 Å². The first-order chi connectivity index (χ1) is 6.77. The third-order valence-corrected chi connectivity index (χ3v) is 1.56. The summed E-state index contributed by atoms with van der Waals surface area (Å²) in [5.74, 6) is 1.90. The minimum atomic E-state index is -0.483. The lowest BCUT2D eigenvalue weighted by molar-refractivity contribution is -0.134. The Hall–Kier alpha value is -2.08. The summed E-state index contributed by atoms with van der Waals surface area (Å²) in [5.41, 5.74) is 0.998. The molecule has 3 heteroatoms. The van der Waals surface area contributed by atoms with Gasteiger partial charge in [-0.05, 0) is 12.1 Å². The van der Waals surface area contributed by atoms with Gasteiger partial charge in [0.2, 0.25) is 0 Å². The van der Waals surface area contributed by atoms with E-state index in [1.165, 1.54) is 13.2 Å². The third-order valence-electron chi connectivity index (χ3n) is 1.56. The fourth-order valence-corrected chi connectivity index (χ4v) is 0.888. The first-order valence-corrected chi connectivity index (χ1v) is 3.95. The average Bonchev–Trinajstić information content (AvgIpc) is 2.26. The molecular weight excluding hydrogens is 178 g/mol. The number of rotatable bonds is 2. The van der Waals surface area contributed by atoms with E-state index in [9.17, 15) is 4.79 Å². The van der Waals surface area contributed by atoms with E-state index in [0.29, 0.717) is 11.3 Å². The second kappa shape index (κ2) is 4.83. The predicted octanol–water partition coefficient (Wildman–Crippen LogP) is 1.27. The van der Waals surface area contributed by atoms with Gasteiger partial charge in [0.05, 0.1) is 18.4 Å². The molecule has 1 heterocycles. The Morgan fingerprint density at radius 2 is 2.43 bits per heavy atom. The Bertz CT molecular complexity index is 387. The summed E-state index contributed by atoms with van der Waals surface area (Å²) in [7, 11) is 1.30. The molecule has 0 unspecified atom stereocenters. The molecule has 0 aliphatic rings. The molecule has 0 atom stereocenters. The number of ether oxygens (including phenoxy) is 1. The van der Waals surface area contributed by atoms with E-state index in [1.54, 1.807) is 24.4 Å². The monoisotopic (exact) mass is 187 g/mol. The van der Waals surface area contributed by atoms with Crippen molar-refractivity contribution in [3.63, 3.8) is 0 Å². The Morgan fingerprint density at radius 1 is 1.64 bits per heavy atom. The lowest BCUT2D eigenvalue weighted by atomic mass is 10.1. The van der Waals surface area contributed by atoms with Crippen LogP contribution in [0.4, 0.5) is 0 Å². The van der Waals surface area contributed by atoms with Gasteiger partial charge < -0.3 is 4.74 Å². The number of pyridine rings is 1. The Morgan fingerprint density at radius 3 is 2.93 bits per heavy atom. The molecule has 1 aromatic rings. The maximum Gasteiger partial charge on any atom is 0.331 e. The van der Waals surface area contributed by atoms with E-state index < -0.39 is 5.97 Å².